The number of hydrogen-bond donors (Lipinski definition) is 2. The van der Waals surface area contributed by atoms with Gasteiger partial charge in [0.2, 0.25) is 5.12 Å². The first-order chi connectivity index (χ1) is 9.30. The van der Waals surface area contributed by atoms with Crippen molar-refractivity contribution in [1.82, 2.24) is 10.2 Å². The van der Waals surface area contributed by atoms with Gasteiger partial charge >= 0.3 is 6.03 Å². The Morgan fingerprint density at radius 1 is 1.35 bits per heavy atom. The topological polar surface area (TPSA) is 92.8 Å². The summed E-state index contributed by atoms with van der Waals surface area (Å²) >= 11 is 3.83. The van der Waals surface area contributed by atoms with Crippen molar-refractivity contribution in [2.45, 2.75) is 19.1 Å². The van der Waals surface area contributed by atoms with Crippen molar-refractivity contribution in [2.75, 3.05) is 31.7 Å². The highest BCUT2D eigenvalue weighted by molar-refractivity contribution is 8.74. The molecule has 1 aliphatic rings. The van der Waals surface area contributed by atoms with Gasteiger partial charge in [0.15, 0.2) is 9.84 Å². The first kappa shape index (κ1) is 17.6. The van der Waals surface area contributed by atoms with E-state index >= 15 is 0 Å². The van der Waals surface area contributed by atoms with Gasteiger partial charge in [-0.25, -0.2) is 13.2 Å². The van der Waals surface area contributed by atoms with E-state index in [4.69, 9.17) is 4.74 Å². The average molecular weight is 342 g/mol. The van der Waals surface area contributed by atoms with E-state index < -0.39 is 28.0 Å². The number of thiol groups is 1. The summed E-state index contributed by atoms with van der Waals surface area (Å²) in [5, 5.41) is 2.23. The highest BCUT2D eigenvalue weighted by atomic mass is 33.1. The number of amides is 2. The van der Waals surface area contributed by atoms with Crippen molar-refractivity contribution in [3.8, 4) is 0 Å². The minimum atomic E-state index is -3.05. The van der Waals surface area contributed by atoms with E-state index in [1.54, 1.807) is 6.92 Å². The lowest BCUT2D eigenvalue weighted by atomic mass is 10.2. The second kappa shape index (κ2) is 7.53. The molecule has 1 N–H and O–H groups in total. The van der Waals surface area contributed by atoms with Gasteiger partial charge in [0.25, 0.3) is 0 Å². The van der Waals surface area contributed by atoms with Crippen molar-refractivity contribution in [2.24, 2.45) is 0 Å². The van der Waals surface area contributed by atoms with Crippen LogP contribution in [0.5, 0.6) is 0 Å². The first-order valence-corrected chi connectivity index (χ1v) is 9.63. The van der Waals surface area contributed by atoms with Gasteiger partial charge in [0.05, 0.1) is 17.6 Å². The fourth-order valence-corrected chi connectivity index (χ4v) is 3.61. The van der Waals surface area contributed by atoms with Crippen LogP contribution in [-0.4, -0.2) is 68.3 Å². The predicted molar refractivity (Wildman–Crippen MR) is 80.6 cm³/mol. The molecule has 20 heavy (non-hydrogen) atoms. The van der Waals surface area contributed by atoms with Crippen molar-refractivity contribution < 1.29 is 22.7 Å². The molecule has 1 rings (SSSR count). The molecule has 0 aromatic carbocycles. The quantitative estimate of drug-likeness (QED) is 0.549. The lowest BCUT2D eigenvalue weighted by Gasteiger charge is -2.30. The summed E-state index contributed by atoms with van der Waals surface area (Å²) < 4.78 is 27.7. The van der Waals surface area contributed by atoms with E-state index in [1.807, 2.05) is 0 Å². The molecule has 1 heterocycles. The first-order valence-electron chi connectivity index (χ1n) is 5.94. The number of sulfone groups is 1. The van der Waals surface area contributed by atoms with Crippen LogP contribution in [0.3, 0.4) is 0 Å². The second-order valence-electron chi connectivity index (χ2n) is 4.42. The summed E-state index contributed by atoms with van der Waals surface area (Å²) in [5.74, 6) is -0.111. The van der Waals surface area contributed by atoms with Gasteiger partial charge in [-0.05, 0) is 17.7 Å². The molecule has 2 amide bonds. The van der Waals surface area contributed by atoms with Gasteiger partial charge < -0.3 is 15.0 Å². The van der Waals surface area contributed by atoms with E-state index in [9.17, 15) is 18.0 Å². The number of methoxy groups -OCH3 is 1. The maximum atomic E-state index is 12.0. The third-order valence-corrected chi connectivity index (χ3v) is 5.68. The molecular formula is C10H18N2O5S3. The maximum Gasteiger partial charge on any atom is 0.318 e. The summed E-state index contributed by atoms with van der Waals surface area (Å²) in [6.45, 7) is 1.92. The molecule has 1 saturated heterocycles. The van der Waals surface area contributed by atoms with Crippen molar-refractivity contribution >= 4 is 43.4 Å². The normalized spacial score (nSPS) is 21.1. The van der Waals surface area contributed by atoms with E-state index in [1.165, 1.54) is 12.0 Å². The molecule has 10 heteroatoms. The summed E-state index contributed by atoms with van der Waals surface area (Å²) in [4.78, 5) is 25.1. The summed E-state index contributed by atoms with van der Waals surface area (Å²) in [6.07, 6.45) is -0.500. The number of nitrogens with zero attached hydrogens (tertiary/aromatic N) is 1. The van der Waals surface area contributed by atoms with Crippen LogP contribution in [0, 0.1) is 0 Å². The Kier molecular flexibility index (Phi) is 6.62. The maximum absolute atomic E-state index is 12.0. The Bertz CT molecular complexity index is 454. The molecule has 0 bridgehead atoms. The molecule has 0 unspecified atom stereocenters. The fourth-order valence-electron chi connectivity index (χ4n) is 1.70. The number of ether oxygens (including phenoxy) is 1. The Hall–Kier alpha value is -0.450. The molecule has 0 saturated carbocycles. The second-order valence-corrected chi connectivity index (χ2v) is 7.85. The molecule has 0 aromatic heterocycles. The number of nitrogens with one attached hydrogen (secondary N) is 1. The molecule has 1 aliphatic heterocycles. The molecule has 0 radical (unpaired) electrons. The summed E-state index contributed by atoms with van der Waals surface area (Å²) in [7, 11) is -0.900. The zero-order valence-corrected chi connectivity index (χ0v) is 13.8. The van der Waals surface area contributed by atoms with Crippen LogP contribution in [0.1, 0.15) is 6.92 Å². The standard InChI is InChI=1S/C10H18N2O5S3/c1-7(17-2)8(9(13)19-18)11-10(14)12-3-5-20(15,16)6-4-12/h7-8,18H,3-6H2,1-2H3,(H,11,14)/t7-,8+/m1/s1. The number of carbonyl (C=O) groups is 2. The van der Waals surface area contributed by atoms with Crippen LogP contribution >= 0.6 is 22.5 Å². The van der Waals surface area contributed by atoms with Crippen molar-refractivity contribution in [3.63, 3.8) is 0 Å². The fraction of sp³-hybridized carbons (Fsp3) is 0.800. The minimum Gasteiger partial charge on any atom is -0.379 e. The average Bonchev–Trinajstić information content (AvgIpc) is 2.42. The molecule has 116 valence electrons. The molecular weight excluding hydrogens is 324 g/mol. The highest BCUT2D eigenvalue weighted by Crippen LogP contribution is 2.14. The highest BCUT2D eigenvalue weighted by Gasteiger charge is 2.31. The van der Waals surface area contributed by atoms with Crippen LogP contribution in [0.2, 0.25) is 0 Å². The van der Waals surface area contributed by atoms with Crippen LogP contribution in [0.4, 0.5) is 4.79 Å². The number of hydrogen-bond acceptors (Lipinski definition) is 7. The third kappa shape index (κ3) is 4.83. The SMILES string of the molecule is CO[C@H](C)[C@H](NC(=O)N1CCS(=O)(=O)CC1)C(=O)SS. The van der Waals surface area contributed by atoms with Crippen molar-refractivity contribution in [3.05, 3.63) is 0 Å². The van der Waals surface area contributed by atoms with E-state index in [-0.39, 0.29) is 29.7 Å². The Morgan fingerprint density at radius 2 is 1.90 bits per heavy atom. The van der Waals surface area contributed by atoms with E-state index in [0.717, 1.165) is 0 Å². The van der Waals surface area contributed by atoms with Gasteiger partial charge in [-0.1, -0.05) is 0 Å². The van der Waals surface area contributed by atoms with Gasteiger partial charge in [-0.15, -0.1) is 11.7 Å². The summed E-state index contributed by atoms with van der Waals surface area (Å²) in [6, 6.07) is -1.29. The van der Waals surface area contributed by atoms with Gasteiger partial charge in [0, 0.05) is 20.2 Å². The van der Waals surface area contributed by atoms with Crippen molar-refractivity contribution in [1.29, 1.82) is 0 Å². The van der Waals surface area contributed by atoms with Gasteiger partial charge in [-0.3, -0.25) is 4.79 Å². The van der Waals surface area contributed by atoms with Crippen LogP contribution in [0.15, 0.2) is 0 Å². The van der Waals surface area contributed by atoms with Crippen LogP contribution < -0.4 is 5.32 Å². The Labute approximate surface area is 127 Å². The zero-order valence-electron chi connectivity index (χ0n) is 11.2. The van der Waals surface area contributed by atoms with Gasteiger partial charge in [-0.2, -0.15) is 0 Å². The molecule has 7 nitrogen and oxygen atoms in total. The Balaban J connectivity index is 2.65. The number of rotatable bonds is 4. The minimum absolute atomic E-state index is 0.0554. The molecule has 0 spiro atoms. The summed E-state index contributed by atoms with van der Waals surface area (Å²) in [5.41, 5.74) is 0. The zero-order chi connectivity index (χ0) is 15.3. The Morgan fingerprint density at radius 3 is 2.35 bits per heavy atom. The molecule has 2 atom stereocenters. The monoisotopic (exact) mass is 342 g/mol. The lowest BCUT2D eigenvalue weighted by molar-refractivity contribution is -0.115. The molecule has 0 aliphatic carbocycles. The number of carbonyl (C=O) groups excluding carboxylic acids is 2. The lowest BCUT2D eigenvalue weighted by Crippen LogP contribution is -2.54. The predicted octanol–water partition coefficient (Wildman–Crippen LogP) is -0.0655. The van der Waals surface area contributed by atoms with E-state index in [2.05, 4.69) is 17.0 Å². The largest absolute Gasteiger partial charge is 0.379 e. The number of urea groups is 1. The smallest absolute Gasteiger partial charge is 0.318 e. The molecule has 0 aromatic rings. The third-order valence-electron chi connectivity index (χ3n) is 3.10. The van der Waals surface area contributed by atoms with E-state index in [0.29, 0.717) is 10.8 Å². The molecule has 1 fully saturated rings. The van der Waals surface area contributed by atoms with Crippen LogP contribution in [-0.2, 0) is 19.4 Å². The van der Waals surface area contributed by atoms with Crippen LogP contribution in [0.25, 0.3) is 0 Å². The van der Waals surface area contributed by atoms with Gasteiger partial charge in [0.1, 0.15) is 6.04 Å².